The number of phosphoric acid groups is 2. The van der Waals surface area contributed by atoms with Crippen molar-refractivity contribution >= 4 is 63.9 Å². The van der Waals surface area contributed by atoms with Crippen molar-refractivity contribution in [3.8, 4) is 12.1 Å². The number of rotatable bonds is 24. The number of nitriles is 2. The fourth-order valence-electron chi connectivity index (χ4n) is 7.53. The van der Waals surface area contributed by atoms with Crippen molar-refractivity contribution in [2.75, 3.05) is 45.5 Å². The van der Waals surface area contributed by atoms with Crippen LogP contribution in [-0.4, -0.2) is 137 Å². The van der Waals surface area contributed by atoms with E-state index in [-0.39, 0.29) is 46.4 Å². The van der Waals surface area contributed by atoms with E-state index in [9.17, 15) is 29.8 Å². The number of fused-ring (bicyclic) bond motifs is 2. The molecule has 29 heteroatoms. The van der Waals surface area contributed by atoms with Gasteiger partial charge in [-0.15, -0.1) is 11.7 Å². The van der Waals surface area contributed by atoms with E-state index in [1.165, 1.54) is 23.9 Å². The maximum absolute atomic E-state index is 17.3. The number of nitrogens with zero attached hydrogens (tertiary/aromatic N) is 9. The van der Waals surface area contributed by atoms with Gasteiger partial charge in [0.15, 0.2) is 43.9 Å². The zero-order valence-electron chi connectivity index (χ0n) is 41.1. The number of hydrogen-bond acceptors (Lipinski definition) is 22. The molecule has 5 aromatic rings. The number of esters is 1. The number of hydrogen-bond donors (Lipinski definition) is 2. The number of aliphatic hydroxyl groups is 1. The van der Waals surface area contributed by atoms with Gasteiger partial charge in [-0.2, -0.15) is 10.5 Å². The van der Waals surface area contributed by atoms with Crippen LogP contribution in [0.15, 0.2) is 73.8 Å². The lowest BCUT2D eigenvalue weighted by Crippen LogP contribution is -2.50. The van der Waals surface area contributed by atoms with Crippen LogP contribution in [0.5, 0.6) is 0 Å². The molecule has 2 aromatic carbocycles. The number of methoxy groups -OCH3 is 1. The topological polar surface area (TPSA) is 315 Å². The minimum absolute atomic E-state index is 0.0269. The summed E-state index contributed by atoms with van der Waals surface area (Å²) in [6.45, 7) is 10.4. The number of aliphatic hydroxyl groups excluding tert-OH is 1. The summed E-state index contributed by atoms with van der Waals surface area (Å²) >= 11 is 0. The summed E-state index contributed by atoms with van der Waals surface area (Å²) in [7, 11) is -11.5. The van der Waals surface area contributed by atoms with E-state index in [0.29, 0.717) is 5.56 Å². The number of phosphoric ester groups is 2. The van der Waals surface area contributed by atoms with Gasteiger partial charge < -0.3 is 29.1 Å². The molecule has 2 N–H and O–H groups in total. The predicted molar refractivity (Wildman–Crippen MR) is 260 cm³/mol. The Morgan fingerprint density at radius 3 is 2.23 bits per heavy atom. The smallest absolute Gasteiger partial charge is 0.465 e. The molecule has 3 unspecified atom stereocenters. The number of aromatic nitrogens is 7. The quantitative estimate of drug-likeness (QED) is 0.0209. The Kier molecular flexibility index (Phi) is 18.0. The maximum atomic E-state index is 17.3. The Labute approximate surface area is 425 Å². The lowest BCUT2D eigenvalue weighted by Gasteiger charge is -2.40. The minimum Gasteiger partial charge on any atom is -0.465 e. The Morgan fingerprint density at radius 1 is 0.905 bits per heavy atom. The second kappa shape index (κ2) is 23.9. The lowest BCUT2D eigenvalue weighted by molar-refractivity contribution is -0.0665. The number of benzene rings is 2. The summed E-state index contributed by atoms with van der Waals surface area (Å²) in [6.07, 6.45) is -10.1. The number of carbonyl (C=O) groups excluding carboxylic acids is 2. The summed E-state index contributed by atoms with van der Waals surface area (Å²) < 4.78 is 108. The van der Waals surface area contributed by atoms with Gasteiger partial charge in [-0.25, -0.2) is 37.9 Å². The molecule has 0 bridgehead atoms. The van der Waals surface area contributed by atoms with Gasteiger partial charge in [0.1, 0.15) is 42.4 Å². The molecule has 5 heterocycles. The second-order valence-corrected chi connectivity index (χ2v) is 26.1. The molecule has 1 amide bonds. The zero-order valence-corrected chi connectivity index (χ0v) is 43.9. The van der Waals surface area contributed by atoms with E-state index in [2.05, 4.69) is 37.2 Å². The van der Waals surface area contributed by atoms with Crippen LogP contribution in [0, 0.1) is 22.7 Å². The van der Waals surface area contributed by atoms with Gasteiger partial charge >= 0.3 is 21.6 Å². The third-order valence-electron chi connectivity index (χ3n) is 12.2. The molecule has 396 valence electrons. The predicted octanol–water partition coefficient (Wildman–Crippen LogP) is 6.89. The number of ether oxygens (including phenoxy) is 3. The van der Waals surface area contributed by atoms with Gasteiger partial charge in [-0.1, -0.05) is 56.3 Å². The largest absolute Gasteiger partial charge is 0.475 e. The Morgan fingerprint density at radius 2 is 1.58 bits per heavy atom. The van der Waals surface area contributed by atoms with Crippen molar-refractivity contribution in [3.63, 3.8) is 0 Å². The van der Waals surface area contributed by atoms with Crippen LogP contribution in [0.3, 0.4) is 0 Å². The number of halogens is 1. The molecule has 2 aliphatic heterocycles. The molecular formula is C45H55FN10O15P2Si. The molecule has 74 heavy (non-hydrogen) atoms. The molecular weight excluding hydrogens is 1030 g/mol. The molecule has 2 saturated heterocycles. The summed E-state index contributed by atoms with van der Waals surface area (Å²) in [6, 6.07) is 16.6. The maximum Gasteiger partial charge on any atom is 0.475 e. The Bertz CT molecular complexity index is 2990. The van der Waals surface area contributed by atoms with Gasteiger partial charge in [-0.05, 0) is 42.4 Å². The first kappa shape index (κ1) is 56.0. The number of carbonyl (C=O) groups is 2. The molecule has 2 fully saturated rings. The first-order chi connectivity index (χ1) is 35.3. The molecule has 7 rings (SSSR count). The van der Waals surface area contributed by atoms with Crippen LogP contribution in [0.4, 0.5) is 10.2 Å². The van der Waals surface area contributed by atoms with Crippen molar-refractivity contribution < 1.29 is 74.0 Å². The highest BCUT2D eigenvalue weighted by Crippen LogP contribution is 2.57. The lowest BCUT2D eigenvalue weighted by atomic mass is 10.1. The SMILES string of the molecule is C=CCOP(=O)(OCCC#N)O[C@H]1[C@@H](F)[C@H](n2cnc3c(NC(=O)c4ccccc4)ncnc32)O[C@@H]1COP(=O)(OCCC#N)O[C@@H]1C(O[Si](C)(C)C(C)(C)C)[C@@H](CO)O[C@H]1n1nnc2c(C(=O)OC)cccc21. The monoisotopic (exact) mass is 1080 g/mol. The van der Waals surface area contributed by atoms with Crippen molar-refractivity contribution in [1.82, 2.24) is 34.5 Å². The average molecular weight is 1090 g/mol. The summed E-state index contributed by atoms with van der Waals surface area (Å²) in [4.78, 5) is 38.7. The Hall–Kier alpha value is -5.74. The van der Waals surface area contributed by atoms with Crippen LogP contribution in [0.1, 0.15) is 66.8 Å². The van der Waals surface area contributed by atoms with Crippen LogP contribution in [0.2, 0.25) is 18.1 Å². The van der Waals surface area contributed by atoms with Crippen molar-refractivity contribution in [3.05, 3.63) is 85.0 Å². The highest BCUT2D eigenvalue weighted by molar-refractivity contribution is 7.48. The van der Waals surface area contributed by atoms with Crippen LogP contribution < -0.4 is 5.32 Å². The second-order valence-electron chi connectivity index (χ2n) is 18.1. The van der Waals surface area contributed by atoms with Gasteiger partial charge in [0.2, 0.25) is 0 Å². The van der Waals surface area contributed by atoms with E-state index in [1.807, 2.05) is 46.0 Å². The number of nitrogens with one attached hydrogen (secondary N) is 1. The zero-order chi connectivity index (χ0) is 53.4. The normalized spacial score (nSPS) is 23.7. The van der Waals surface area contributed by atoms with E-state index < -0.39 is 123 Å². The summed E-state index contributed by atoms with van der Waals surface area (Å²) in [5, 5.41) is 40.3. The fraction of sp³-hybridized carbons (Fsp3) is 0.489. The van der Waals surface area contributed by atoms with Crippen molar-refractivity contribution in [2.24, 2.45) is 0 Å². The summed E-state index contributed by atoms with van der Waals surface area (Å²) in [5.74, 6) is -1.26. The first-order valence-corrected chi connectivity index (χ1v) is 28.8. The molecule has 10 atom stereocenters. The number of amides is 1. The molecule has 0 aliphatic carbocycles. The van der Waals surface area contributed by atoms with Gasteiger partial charge in [0, 0.05) is 5.56 Å². The van der Waals surface area contributed by atoms with Crippen LogP contribution >= 0.6 is 15.6 Å². The van der Waals surface area contributed by atoms with Crippen molar-refractivity contribution in [1.29, 1.82) is 10.5 Å². The Balaban J connectivity index is 1.26. The third-order valence-corrected chi connectivity index (χ3v) is 19.6. The highest BCUT2D eigenvalue weighted by Gasteiger charge is 2.56. The van der Waals surface area contributed by atoms with Crippen LogP contribution in [-0.2, 0) is 54.9 Å². The average Bonchev–Trinajstić information content (AvgIpc) is 4.16. The molecule has 0 radical (unpaired) electrons. The molecule has 2 aliphatic rings. The molecule has 25 nitrogen and oxygen atoms in total. The van der Waals surface area contributed by atoms with E-state index in [0.717, 1.165) is 17.2 Å². The van der Waals surface area contributed by atoms with Gasteiger partial charge in [0.25, 0.3) is 5.91 Å². The fourth-order valence-corrected chi connectivity index (χ4v) is 11.6. The summed E-state index contributed by atoms with van der Waals surface area (Å²) in [5.41, 5.74) is 0.716. The van der Waals surface area contributed by atoms with E-state index >= 15 is 8.96 Å². The molecule has 0 spiro atoms. The first-order valence-electron chi connectivity index (χ1n) is 23.0. The van der Waals surface area contributed by atoms with Gasteiger partial charge in [0.05, 0.1) is 82.5 Å². The minimum atomic E-state index is -5.09. The van der Waals surface area contributed by atoms with Gasteiger partial charge in [-0.3, -0.25) is 36.5 Å². The number of imidazole rings is 1. The van der Waals surface area contributed by atoms with Crippen LogP contribution in [0.25, 0.3) is 22.2 Å². The number of alkyl halides is 1. The van der Waals surface area contributed by atoms with E-state index in [1.54, 1.807) is 42.5 Å². The number of anilines is 1. The third kappa shape index (κ3) is 12.3. The van der Waals surface area contributed by atoms with Crippen molar-refractivity contribution in [2.45, 2.75) is 101 Å². The standard InChI is InChI=1S/C45H55FN10O15P2Si/c1-8-21-63-72(60,64-22-13-19-47)69-36-32(68-42(33(36)46)55-27-51-35-39(49-26-50-40(35)55)52-41(58)28-15-10-9-11-16-28)25-66-73(61,65-23-14-20-48)70-38-37(71-74(6,7)45(2,3)4)31(24-57)67-43(38)56-30-18-12-17-29(44(59)62-5)34(30)53-54-56/h8-12,15-18,26-27,31-33,36-38,42-43,57H,1,13-14,21-25H2,2-7H3,(H,49,50,52,58)/t31-,32-,33-,36-,37?,38-,42-,43-,72?,73?/m1/s1. The molecule has 3 aromatic heterocycles. The van der Waals surface area contributed by atoms with E-state index in [4.69, 9.17) is 45.8 Å². The molecule has 0 saturated carbocycles. The highest BCUT2D eigenvalue weighted by atomic mass is 31.2.